The van der Waals surface area contributed by atoms with Gasteiger partial charge in [0.25, 0.3) is 0 Å². The molecule has 0 amide bonds. The van der Waals surface area contributed by atoms with Gasteiger partial charge in [-0.25, -0.2) is 0 Å². The molecule has 0 aliphatic carbocycles. The predicted molar refractivity (Wildman–Crippen MR) is 49.9 cm³/mol. The Morgan fingerprint density at radius 3 is 2.58 bits per heavy atom. The zero-order chi connectivity index (χ0) is 8.39. The summed E-state index contributed by atoms with van der Waals surface area (Å²) in [6, 6.07) is 10.5. The van der Waals surface area contributed by atoms with E-state index in [0.29, 0.717) is 12.2 Å². The van der Waals surface area contributed by atoms with Crippen molar-refractivity contribution in [3.05, 3.63) is 42.8 Å². The van der Waals surface area contributed by atoms with Crippen LogP contribution in [0, 0.1) is 6.92 Å². The van der Waals surface area contributed by atoms with Crippen LogP contribution in [0.25, 0.3) is 0 Å². The molecule has 2 unspecified atom stereocenters. The van der Waals surface area contributed by atoms with Gasteiger partial charge in [0.2, 0.25) is 0 Å². The fourth-order valence-corrected chi connectivity index (χ4v) is 1.46. The molecule has 2 radical (unpaired) electrons. The Morgan fingerprint density at radius 1 is 1.25 bits per heavy atom. The summed E-state index contributed by atoms with van der Waals surface area (Å²) in [5.41, 5.74) is 1.36. The number of rotatable bonds is 3. The van der Waals surface area contributed by atoms with Gasteiger partial charge in [-0.1, -0.05) is 37.3 Å². The second kappa shape index (κ2) is 3.28. The molecule has 1 heteroatoms. The van der Waals surface area contributed by atoms with E-state index >= 15 is 0 Å². The largest absolute Gasteiger partial charge is 0.369 e. The lowest BCUT2D eigenvalue weighted by Gasteiger charge is -1.95. The number of benzene rings is 1. The maximum Gasteiger partial charge on any atom is 0.0882 e. The van der Waals surface area contributed by atoms with Crippen LogP contribution in [-0.2, 0) is 11.2 Å². The molecule has 2 rings (SSSR count). The molecule has 1 aliphatic rings. The first kappa shape index (κ1) is 7.81. The maximum absolute atomic E-state index is 5.41. The van der Waals surface area contributed by atoms with Crippen molar-refractivity contribution in [2.45, 2.75) is 25.0 Å². The highest BCUT2D eigenvalue weighted by Gasteiger charge is 2.36. The average Bonchev–Trinajstić information content (AvgIpc) is 2.85. The molecule has 0 bridgehead atoms. The summed E-state index contributed by atoms with van der Waals surface area (Å²) in [7, 11) is 0. The van der Waals surface area contributed by atoms with Crippen LogP contribution in [0.15, 0.2) is 30.3 Å². The number of hydrogen-bond acceptors (Lipinski definition) is 1. The Morgan fingerprint density at radius 2 is 2.00 bits per heavy atom. The fraction of sp³-hybridized carbons (Fsp3) is 0.364. The summed E-state index contributed by atoms with van der Waals surface area (Å²) in [6.07, 6.45) is 2.80. The normalized spacial score (nSPS) is 27.1. The van der Waals surface area contributed by atoms with E-state index in [1.165, 1.54) is 5.56 Å². The minimum Gasteiger partial charge on any atom is -0.369 e. The Balaban J connectivity index is 0.000000845. The van der Waals surface area contributed by atoms with Crippen LogP contribution in [0.1, 0.15) is 13.4 Å². The van der Waals surface area contributed by atoms with Gasteiger partial charge in [0.15, 0.2) is 0 Å². The molecule has 2 atom stereocenters. The molecule has 1 fully saturated rings. The Hall–Kier alpha value is -0.820. The Labute approximate surface area is 74.8 Å². The van der Waals surface area contributed by atoms with Crippen molar-refractivity contribution < 1.29 is 6.16 Å². The third kappa shape index (κ3) is 1.67. The summed E-state index contributed by atoms with van der Waals surface area (Å²) >= 11 is 0. The molecule has 1 nitrogen and oxygen atoms in total. The first-order valence-corrected chi connectivity index (χ1v) is 4.39. The van der Waals surface area contributed by atoms with Gasteiger partial charge in [-0.3, -0.25) is 0 Å². The van der Waals surface area contributed by atoms with Crippen molar-refractivity contribution >= 4 is 0 Å². The van der Waals surface area contributed by atoms with E-state index in [4.69, 9.17) is 4.74 Å². The van der Waals surface area contributed by atoms with Crippen molar-refractivity contribution in [3.63, 3.8) is 0 Å². The maximum atomic E-state index is 5.41. The molecule has 0 saturated carbocycles. The van der Waals surface area contributed by atoms with Crippen molar-refractivity contribution in [3.8, 4) is 0 Å². The quantitative estimate of drug-likeness (QED) is 0.621. The zero-order valence-corrected chi connectivity index (χ0v) is 7.07. The SMILES string of the molecule is [CH2]CC1OC1Cc1ccccc1.[H]. The standard InChI is InChI=1S/C11H13O.H/c1-2-10-11(12-10)8-9-6-4-3-5-7-9;/h3-7,10-11H,1-2,8H2;. The van der Waals surface area contributed by atoms with Crippen molar-refractivity contribution in [2.75, 3.05) is 0 Å². The molecule has 1 aliphatic heterocycles. The summed E-state index contributed by atoms with van der Waals surface area (Å²) in [4.78, 5) is 0. The van der Waals surface area contributed by atoms with E-state index in [1.54, 1.807) is 0 Å². The van der Waals surface area contributed by atoms with Gasteiger partial charge in [-0.05, 0) is 12.0 Å². The van der Waals surface area contributed by atoms with Crippen LogP contribution in [0.5, 0.6) is 0 Å². The second-order valence-corrected chi connectivity index (χ2v) is 3.19. The zero-order valence-electron chi connectivity index (χ0n) is 8.07. The summed E-state index contributed by atoms with van der Waals surface area (Å²) < 4.78 is 5.41. The lowest BCUT2D eigenvalue weighted by molar-refractivity contribution is 0.370. The van der Waals surface area contributed by atoms with Crippen LogP contribution in [0.2, 0.25) is 0 Å². The van der Waals surface area contributed by atoms with Crippen LogP contribution >= 0.6 is 0 Å². The van der Waals surface area contributed by atoms with E-state index in [2.05, 4.69) is 31.2 Å². The van der Waals surface area contributed by atoms with Crippen LogP contribution in [0.4, 0.5) is 0 Å². The Bertz CT molecular complexity index is 248. The van der Waals surface area contributed by atoms with Gasteiger partial charge in [0.05, 0.1) is 12.2 Å². The fourth-order valence-electron chi connectivity index (χ4n) is 1.46. The Kier molecular flexibility index (Phi) is 2.13. The molecular formula is C11H14O. The molecule has 1 aromatic rings. The van der Waals surface area contributed by atoms with Gasteiger partial charge in [-0.15, -0.1) is 0 Å². The lowest BCUT2D eigenvalue weighted by atomic mass is 10.1. The third-order valence-corrected chi connectivity index (χ3v) is 2.25. The highest BCUT2D eigenvalue weighted by molar-refractivity contribution is 5.17. The molecule has 1 heterocycles. The first-order chi connectivity index (χ1) is 5.90. The van der Waals surface area contributed by atoms with E-state index in [9.17, 15) is 0 Å². The number of hydrogen-bond donors (Lipinski definition) is 0. The molecule has 1 saturated heterocycles. The third-order valence-electron chi connectivity index (χ3n) is 2.25. The van der Waals surface area contributed by atoms with Gasteiger partial charge in [-0.2, -0.15) is 0 Å². The molecule has 0 spiro atoms. The molecule has 1 aromatic carbocycles. The summed E-state index contributed by atoms with van der Waals surface area (Å²) in [6.45, 7) is 3.81. The topological polar surface area (TPSA) is 12.5 Å². The minimum atomic E-state index is 0. The molecule has 64 valence electrons. The van der Waals surface area contributed by atoms with Crippen LogP contribution < -0.4 is 0 Å². The van der Waals surface area contributed by atoms with Gasteiger partial charge >= 0.3 is 0 Å². The van der Waals surface area contributed by atoms with E-state index < -0.39 is 0 Å². The highest BCUT2D eigenvalue weighted by atomic mass is 16.6. The molecular weight excluding hydrogens is 148 g/mol. The minimum absolute atomic E-state index is 0. The smallest absolute Gasteiger partial charge is 0.0882 e. The highest BCUT2D eigenvalue weighted by Crippen LogP contribution is 2.27. The van der Waals surface area contributed by atoms with Crippen molar-refractivity contribution in [1.82, 2.24) is 0 Å². The summed E-state index contributed by atoms with van der Waals surface area (Å²) in [5.74, 6) is 0. The van der Waals surface area contributed by atoms with Crippen LogP contribution in [0.3, 0.4) is 0 Å². The van der Waals surface area contributed by atoms with Gasteiger partial charge in [0, 0.05) is 7.85 Å². The second-order valence-electron chi connectivity index (χ2n) is 3.19. The van der Waals surface area contributed by atoms with E-state index in [1.807, 2.05) is 6.07 Å². The van der Waals surface area contributed by atoms with Crippen molar-refractivity contribution in [2.24, 2.45) is 0 Å². The van der Waals surface area contributed by atoms with E-state index in [0.717, 1.165) is 12.8 Å². The van der Waals surface area contributed by atoms with Crippen LogP contribution in [-0.4, -0.2) is 12.2 Å². The number of epoxide rings is 1. The molecule has 0 aromatic heterocycles. The monoisotopic (exact) mass is 162 g/mol. The lowest BCUT2D eigenvalue weighted by Crippen LogP contribution is -1.96. The summed E-state index contributed by atoms with van der Waals surface area (Å²) in [5, 5.41) is 0. The predicted octanol–water partition coefficient (Wildman–Crippen LogP) is 2.33. The molecule has 0 N–H and O–H groups in total. The van der Waals surface area contributed by atoms with Gasteiger partial charge < -0.3 is 4.74 Å². The average molecular weight is 162 g/mol. The van der Waals surface area contributed by atoms with Gasteiger partial charge in [0.1, 0.15) is 0 Å². The van der Waals surface area contributed by atoms with E-state index in [-0.39, 0.29) is 1.43 Å². The number of ether oxygens (including phenoxy) is 1. The first-order valence-electron chi connectivity index (χ1n) is 4.39. The van der Waals surface area contributed by atoms with Crippen molar-refractivity contribution in [1.29, 1.82) is 0 Å². The molecule has 12 heavy (non-hydrogen) atoms.